The first-order valence-corrected chi connectivity index (χ1v) is 3.30. The second-order valence-electron chi connectivity index (χ2n) is 2.15. The van der Waals surface area contributed by atoms with Crippen LogP contribution < -0.4 is 0 Å². The van der Waals surface area contributed by atoms with E-state index in [1.54, 1.807) is 0 Å². The molecule has 0 fully saturated rings. The molecule has 0 amide bonds. The van der Waals surface area contributed by atoms with Crippen molar-refractivity contribution >= 4 is 6.21 Å². The minimum absolute atomic E-state index is 0.406. The summed E-state index contributed by atoms with van der Waals surface area (Å²) in [5.41, 5.74) is 7.66. The molecule has 0 aliphatic rings. The van der Waals surface area contributed by atoms with Crippen molar-refractivity contribution in [1.82, 2.24) is 0 Å². The molecule has 0 aliphatic carbocycles. The maximum atomic E-state index is 6.96. The van der Waals surface area contributed by atoms with Crippen molar-refractivity contribution in [3.8, 4) is 0 Å². The van der Waals surface area contributed by atoms with Crippen LogP contribution >= 0.6 is 0 Å². The number of rotatable bonds is 3. The Morgan fingerprint density at radius 2 is 1.91 bits per heavy atom. The number of nitrogens with one attached hydrogen (secondary N) is 2. The van der Waals surface area contributed by atoms with E-state index in [1.807, 2.05) is 30.3 Å². The third-order valence-corrected chi connectivity index (χ3v) is 1.44. The molecular formula is C8H9N3. The summed E-state index contributed by atoms with van der Waals surface area (Å²) in [6.45, 7) is 0. The lowest BCUT2D eigenvalue weighted by Gasteiger charge is -2.02. The van der Waals surface area contributed by atoms with Gasteiger partial charge in [0.15, 0.2) is 0 Å². The maximum absolute atomic E-state index is 6.96. The molecule has 1 atom stereocenters. The van der Waals surface area contributed by atoms with Crippen LogP contribution in [0.15, 0.2) is 35.4 Å². The van der Waals surface area contributed by atoms with Crippen LogP contribution in [0.4, 0.5) is 0 Å². The Morgan fingerprint density at radius 1 is 1.27 bits per heavy atom. The number of hydrogen-bond acceptors (Lipinski definition) is 3. The molecule has 0 saturated heterocycles. The van der Waals surface area contributed by atoms with Gasteiger partial charge >= 0.3 is 0 Å². The lowest BCUT2D eigenvalue weighted by molar-refractivity contribution is 0.848. The van der Waals surface area contributed by atoms with Crippen molar-refractivity contribution in [2.45, 2.75) is 6.04 Å². The van der Waals surface area contributed by atoms with E-state index in [2.05, 4.69) is 5.11 Å². The third-order valence-electron chi connectivity index (χ3n) is 1.44. The Morgan fingerprint density at radius 3 is 2.36 bits per heavy atom. The molecular weight excluding hydrogens is 138 g/mol. The van der Waals surface area contributed by atoms with Crippen molar-refractivity contribution in [2.24, 2.45) is 5.11 Å². The fourth-order valence-electron chi connectivity index (χ4n) is 0.858. The zero-order valence-electron chi connectivity index (χ0n) is 5.99. The Kier molecular flexibility index (Phi) is 2.49. The standard InChI is InChI=1S/C8H9N3/c9-6-8(11-10)7-4-2-1-3-5-7/h1-6,8-10H. The second kappa shape index (κ2) is 3.61. The van der Waals surface area contributed by atoms with Gasteiger partial charge in [-0.3, -0.25) is 0 Å². The van der Waals surface area contributed by atoms with Gasteiger partial charge in [-0.25, -0.2) is 5.53 Å². The van der Waals surface area contributed by atoms with Crippen LogP contribution in [-0.4, -0.2) is 6.21 Å². The van der Waals surface area contributed by atoms with Crippen LogP contribution in [0.1, 0.15) is 11.6 Å². The van der Waals surface area contributed by atoms with Gasteiger partial charge in [0.05, 0.1) is 0 Å². The summed E-state index contributed by atoms with van der Waals surface area (Å²) in [6, 6.07) is 8.94. The van der Waals surface area contributed by atoms with E-state index < -0.39 is 6.04 Å². The molecule has 0 heterocycles. The zero-order chi connectivity index (χ0) is 8.10. The van der Waals surface area contributed by atoms with Gasteiger partial charge in [0.25, 0.3) is 0 Å². The van der Waals surface area contributed by atoms with Crippen molar-refractivity contribution in [2.75, 3.05) is 0 Å². The molecule has 56 valence electrons. The average molecular weight is 147 g/mol. The summed E-state index contributed by atoms with van der Waals surface area (Å²) >= 11 is 0. The van der Waals surface area contributed by atoms with Crippen LogP contribution in [0.25, 0.3) is 0 Å². The van der Waals surface area contributed by atoms with E-state index >= 15 is 0 Å². The van der Waals surface area contributed by atoms with Crippen molar-refractivity contribution in [3.63, 3.8) is 0 Å². The van der Waals surface area contributed by atoms with E-state index in [1.165, 1.54) is 0 Å². The molecule has 0 saturated carbocycles. The summed E-state index contributed by atoms with van der Waals surface area (Å²) in [6.07, 6.45) is 1.16. The summed E-state index contributed by atoms with van der Waals surface area (Å²) < 4.78 is 0. The molecule has 0 bridgehead atoms. The molecule has 1 unspecified atom stereocenters. The minimum atomic E-state index is -0.406. The molecule has 1 rings (SSSR count). The molecule has 1 aromatic carbocycles. The Labute approximate surface area is 65.1 Å². The maximum Gasteiger partial charge on any atom is 0.130 e. The number of hydrogen-bond donors (Lipinski definition) is 2. The fraction of sp³-hybridized carbons (Fsp3) is 0.125. The molecule has 1 aromatic rings. The van der Waals surface area contributed by atoms with Crippen molar-refractivity contribution in [3.05, 3.63) is 35.9 Å². The highest BCUT2D eigenvalue weighted by atomic mass is 15.0. The highest BCUT2D eigenvalue weighted by Crippen LogP contribution is 2.13. The summed E-state index contributed by atoms with van der Waals surface area (Å²) in [5.74, 6) is 0. The molecule has 11 heavy (non-hydrogen) atoms. The van der Waals surface area contributed by atoms with E-state index in [-0.39, 0.29) is 0 Å². The van der Waals surface area contributed by atoms with E-state index in [0.29, 0.717) is 0 Å². The van der Waals surface area contributed by atoms with Crippen LogP contribution in [0, 0.1) is 10.9 Å². The Balaban J connectivity index is 2.90. The van der Waals surface area contributed by atoms with E-state index in [0.717, 1.165) is 11.8 Å². The van der Waals surface area contributed by atoms with Crippen LogP contribution in [-0.2, 0) is 0 Å². The fourth-order valence-corrected chi connectivity index (χ4v) is 0.858. The average Bonchev–Trinajstić information content (AvgIpc) is 2.09. The molecule has 0 aliphatic heterocycles. The predicted molar refractivity (Wildman–Crippen MR) is 43.1 cm³/mol. The van der Waals surface area contributed by atoms with Gasteiger partial charge in [0, 0.05) is 6.21 Å². The largest absolute Gasteiger partial charge is 0.310 e. The van der Waals surface area contributed by atoms with E-state index in [9.17, 15) is 0 Å². The summed E-state index contributed by atoms with van der Waals surface area (Å²) in [4.78, 5) is 0. The zero-order valence-corrected chi connectivity index (χ0v) is 5.99. The SMILES string of the molecule is N=CC(N=N)c1ccccc1. The first kappa shape index (κ1) is 7.60. The third kappa shape index (κ3) is 1.70. The molecule has 3 nitrogen and oxygen atoms in total. The van der Waals surface area contributed by atoms with Crippen LogP contribution in [0.3, 0.4) is 0 Å². The van der Waals surface area contributed by atoms with Gasteiger partial charge in [-0.2, -0.15) is 5.11 Å². The molecule has 0 radical (unpaired) electrons. The van der Waals surface area contributed by atoms with Crippen molar-refractivity contribution in [1.29, 1.82) is 10.9 Å². The second-order valence-corrected chi connectivity index (χ2v) is 2.15. The van der Waals surface area contributed by atoms with Gasteiger partial charge in [-0.05, 0) is 5.56 Å². The van der Waals surface area contributed by atoms with Gasteiger partial charge in [0.1, 0.15) is 6.04 Å². The smallest absolute Gasteiger partial charge is 0.130 e. The number of nitrogens with zero attached hydrogens (tertiary/aromatic N) is 1. The summed E-state index contributed by atoms with van der Waals surface area (Å²) in [7, 11) is 0. The van der Waals surface area contributed by atoms with Gasteiger partial charge < -0.3 is 5.41 Å². The Bertz CT molecular complexity index is 235. The molecule has 0 spiro atoms. The molecule has 0 aromatic heterocycles. The van der Waals surface area contributed by atoms with Crippen molar-refractivity contribution < 1.29 is 0 Å². The molecule has 3 heteroatoms. The van der Waals surface area contributed by atoms with Crippen LogP contribution in [0.2, 0.25) is 0 Å². The predicted octanol–water partition coefficient (Wildman–Crippen LogP) is 2.41. The van der Waals surface area contributed by atoms with Gasteiger partial charge in [-0.15, -0.1) is 0 Å². The minimum Gasteiger partial charge on any atom is -0.310 e. The molecule has 2 N–H and O–H groups in total. The lowest BCUT2D eigenvalue weighted by atomic mass is 10.1. The Hall–Kier alpha value is -1.51. The van der Waals surface area contributed by atoms with E-state index in [4.69, 9.17) is 10.9 Å². The summed E-state index contributed by atoms with van der Waals surface area (Å²) in [5, 5.41) is 10.2. The number of benzene rings is 1. The first-order chi connectivity index (χ1) is 5.38. The quantitative estimate of drug-likeness (QED) is 0.487. The normalized spacial score (nSPS) is 12.0. The lowest BCUT2D eigenvalue weighted by Crippen LogP contribution is -1.93. The van der Waals surface area contributed by atoms with Gasteiger partial charge in [-0.1, -0.05) is 30.3 Å². The van der Waals surface area contributed by atoms with Crippen LogP contribution in [0.5, 0.6) is 0 Å². The first-order valence-electron chi connectivity index (χ1n) is 3.30. The highest BCUT2D eigenvalue weighted by Gasteiger charge is 2.03. The topological polar surface area (TPSA) is 60.1 Å². The van der Waals surface area contributed by atoms with Gasteiger partial charge in [0.2, 0.25) is 0 Å². The highest BCUT2D eigenvalue weighted by molar-refractivity contribution is 5.63. The monoisotopic (exact) mass is 147 g/mol.